The van der Waals surface area contributed by atoms with Crippen LogP contribution in [0.25, 0.3) is 6.08 Å². The van der Waals surface area contributed by atoms with Gasteiger partial charge in [0.1, 0.15) is 11.6 Å². The maximum Gasteiger partial charge on any atom is 0.262 e. The monoisotopic (exact) mass is 285 g/mol. The van der Waals surface area contributed by atoms with Crippen LogP contribution in [0.4, 0.5) is 5.69 Å². The smallest absolute Gasteiger partial charge is 0.262 e. The third-order valence-corrected chi connectivity index (χ3v) is 3.12. The molecule has 1 amide bonds. The van der Waals surface area contributed by atoms with E-state index in [1.54, 1.807) is 6.08 Å². The molecule has 0 aromatic heterocycles. The lowest BCUT2D eigenvalue weighted by molar-refractivity contribution is -0.117. The Morgan fingerprint density at radius 2 is 1.86 bits per heavy atom. The van der Waals surface area contributed by atoms with Crippen LogP contribution in [-0.2, 0) is 4.79 Å². The summed E-state index contributed by atoms with van der Waals surface area (Å²) in [5, 5.41) is 11.8. The number of carbonyl (C=O) groups excluding carboxylic acids is 1. The summed E-state index contributed by atoms with van der Waals surface area (Å²) in [6, 6.07) is 9.83. The minimum Gasteiger partial charge on any atom is -0.372 e. The second-order valence-electron chi connectivity index (χ2n) is 5.06. The second kappa shape index (κ2) is 8.11. The molecule has 0 aliphatic rings. The summed E-state index contributed by atoms with van der Waals surface area (Å²) < 4.78 is 0. The molecule has 1 aromatic carbocycles. The molecule has 1 aromatic rings. The van der Waals surface area contributed by atoms with E-state index in [0.29, 0.717) is 0 Å². The molecule has 0 atom stereocenters. The standard InChI is InChI=1S/C17H23N3O/c1-5-20(6-2)16-9-7-14(8-10-16)11-15(12-18)17(21)19-13(3)4/h7-11,13H,5-6H2,1-4H3,(H,19,21)/b15-11+. The Kier molecular flexibility index (Phi) is 6.48. The fourth-order valence-electron chi connectivity index (χ4n) is 2.03. The third kappa shape index (κ3) is 4.96. The molecule has 4 heteroatoms. The molecule has 0 bridgehead atoms. The van der Waals surface area contributed by atoms with E-state index < -0.39 is 0 Å². The minimum absolute atomic E-state index is 0.0132. The second-order valence-corrected chi connectivity index (χ2v) is 5.06. The van der Waals surface area contributed by atoms with Gasteiger partial charge in [0.2, 0.25) is 0 Å². The maximum atomic E-state index is 11.8. The largest absolute Gasteiger partial charge is 0.372 e. The molecule has 0 radical (unpaired) electrons. The topological polar surface area (TPSA) is 56.1 Å². The maximum absolute atomic E-state index is 11.8. The highest BCUT2D eigenvalue weighted by atomic mass is 16.1. The third-order valence-electron chi connectivity index (χ3n) is 3.12. The van der Waals surface area contributed by atoms with Crippen molar-refractivity contribution in [1.29, 1.82) is 5.26 Å². The summed E-state index contributed by atoms with van der Waals surface area (Å²) in [6.45, 7) is 9.86. The van der Waals surface area contributed by atoms with Gasteiger partial charge in [-0.2, -0.15) is 5.26 Å². The highest BCUT2D eigenvalue weighted by Gasteiger charge is 2.10. The van der Waals surface area contributed by atoms with Gasteiger partial charge in [-0.25, -0.2) is 0 Å². The van der Waals surface area contributed by atoms with Crippen LogP contribution in [0.15, 0.2) is 29.8 Å². The van der Waals surface area contributed by atoms with Crippen LogP contribution in [0.3, 0.4) is 0 Å². The molecule has 1 rings (SSSR count). The van der Waals surface area contributed by atoms with Gasteiger partial charge < -0.3 is 10.2 Å². The zero-order valence-corrected chi connectivity index (χ0v) is 13.2. The SMILES string of the molecule is CCN(CC)c1ccc(/C=C(\C#N)C(=O)NC(C)C)cc1. The van der Waals surface area contributed by atoms with Crippen LogP contribution in [0, 0.1) is 11.3 Å². The first-order valence-corrected chi connectivity index (χ1v) is 7.29. The number of hydrogen-bond acceptors (Lipinski definition) is 3. The summed E-state index contributed by atoms with van der Waals surface area (Å²) >= 11 is 0. The van der Waals surface area contributed by atoms with Crippen LogP contribution in [0.1, 0.15) is 33.3 Å². The van der Waals surface area contributed by atoms with E-state index in [0.717, 1.165) is 24.3 Å². The van der Waals surface area contributed by atoms with Crippen molar-refractivity contribution < 1.29 is 4.79 Å². The molecule has 0 aliphatic carbocycles. The van der Waals surface area contributed by atoms with Crippen LogP contribution >= 0.6 is 0 Å². The van der Waals surface area contributed by atoms with Gasteiger partial charge in [0.15, 0.2) is 0 Å². The average molecular weight is 285 g/mol. The van der Waals surface area contributed by atoms with Crippen molar-refractivity contribution in [2.75, 3.05) is 18.0 Å². The molecular weight excluding hydrogens is 262 g/mol. The van der Waals surface area contributed by atoms with Crippen LogP contribution in [0.5, 0.6) is 0 Å². The first-order chi connectivity index (χ1) is 10.0. The predicted octanol–water partition coefficient (Wildman–Crippen LogP) is 2.96. The summed E-state index contributed by atoms with van der Waals surface area (Å²) in [7, 11) is 0. The van der Waals surface area contributed by atoms with Crippen LogP contribution in [-0.4, -0.2) is 25.0 Å². The zero-order valence-electron chi connectivity index (χ0n) is 13.2. The molecule has 112 valence electrons. The molecular formula is C17H23N3O. The molecule has 0 heterocycles. The van der Waals surface area contributed by atoms with Crippen molar-refractivity contribution in [2.24, 2.45) is 0 Å². The van der Waals surface area contributed by atoms with Crippen molar-refractivity contribution in [2.45, 2.75) is 33.7 Å². The Balaban J connectivity index is 2.93. The Bertz CT molecular complexity index is 534. The van der Waals surface area contributed by atoms with Crippen molar-refractivity contribution in [3.05, 3.63) is 35.4 Å². The quantitative estimate of drug-likeness (QED) is 0.646. The predicted molar refractivity (Wildman–Crippen MR) is 86.9 cm³/mol. The van der Waals surface area contributed by atoms with Crippen LogP contribution in [0.2, 0.25) is 0 Å². The highest BCUT2D eigenvalue weighted by molar-refractivity contribution is 6.01. The molecule has 0 saturated heterocycles. The molecule has 0 fully saturated rings. The Morgan fingerprint density at radius 1 is 1.29 bits per heavy atom. The lowest BCUT2D eigenvalue weighted by Crippen LogP contribution is -2.30. The number of amides is 1. The number of hydrogen-bond donors (Lipinski definition) is 1. The van der Waals surface area contributed by atoms with Crippen molar-refractivity contribution in [1.82, 2.24) is 5.32 Å². The van der Waals surface area contributed by atoms with Gasteiger partial charge in [0, 0.05) is 24.8 Å². The lowest BCUT2D eigenvalue weighted by atomic mass is 10.1. The molecule has 0 saturated carbocycles. The Labute approximate surface area is 127 Å². The van der Waals surface area contributed by atoms with Crippen molar-refractivity contribution >= 4 is 17.7 Å². The number of nitrogens with zero attached hydrogens (tertiary/aromatic N) is 2. The van der Waals surface area contributed by atoms with Crippen molar-refractivity contribution in [3.63, 3.8) is 0 Å². The Morgan fingerprint density at radius 3 is 2.29 bits per heavy atom. The number of rotatable bonds is 6. The van der Waals surface area contributed by atoms with E-state index in [1.807, 2.05) is 44.2 Å². The van der Waals surface area contributed by atoms with E-state index >= 15 is 0 Å². The summed E-state index contributed by atoms with van der Waals surface area (Å²) in [4.78, 5) is 14.1. The number of nitrogens with one attached hydrogen (secondary N) is 1. The van der Waals surface area contributed by atoms with E-state index in [9.17, 15) is 4.79 Å². The fraction of sp³-hybridized carbons (Fsp3) is 0.412. The first-order valence-electron chi connectivity index (χ1n) is 7.29. The van der Waals surface area contributed by atoms with Crippen molar-refractivity contribution in [3.8, 4) is 6.07 Å². The van der Waals surface area contributed by atoms with Gasteiger partial charge in [-0.1, -0.05) is 12.1 Å². The number of carbonyl (C=O) groups is 1. The minimum atomic E-state index is -0.333. The van der Waals surface area contributed by atoms with Gasteiger partial charge in [-0.05, 0) is 51.5 Å². The van der Waals surface area contributed by atoms with E-state index in [-0.39, 0.29) is 17.5 Å². The molecule has 0 unspecified atom stereocenters. The summed E-state index contributed by atoms with van der Waals surface area (Å²) in [5.74, 6) is -0.333. The van der Waals surface area contributed by atoms with E-state index in [1.165, 1.54) is 0 Å². The number of anilines is 1. The molecule has 4 nitrogen and oxygen atoms in total. The Hall–Kier alpha value is -2.28. The van der Waals surface area contributed by atoms with E-state index in [4.69, 9.17) is 5.26 Å². The molecule has 1 N–H and O–H groups in total. The van der Waals surface area contributed by atoms with Gasteiger partial charge in [0.25, 0.3) is 5.91 Å². The zero-order chi connectivity index (χ0) is 15.8. The van der Waals surface area contributed by atoms with Gasteiger partial charge >= 0.3 is 0 Å². The highest BCUT2D eigenvalue weighted by Crippen LogP contribution is 2.16. The summed E-state index contributed by atoms with van der Waals surface area (Å²) in [6.07, 6.45) is 1.61. The first kappa shape index (κ1) is 16.8. The van der Waals surface area contributed by atoms with Crippen LogP contribution < -0.4 is 10.2 Å². The molecule has 21 heavy (non-hydrogen) atoms. The normalized spacial score (nSPS) is 11.1. The lowest BCUT2D eigenvalue weighted by Gasteiger charge is -2.20. The molecule has 0 spiro atoms. The van der Waals surface area contributed by atoms with E-state index in [2.05, 4.69) is 24.1 Å². The number of nitriles is 1. The van der Waals surface area contributed by atoms with Gasteiger partial charge in [-0.15, -0.1) is 0 Å². The average Bonchev–Trinajstić information content (AvgIpc) is 2.46. The summed E-state index contributed by atoms with van der Waals surface area (Å²) in [5.41, 5.74) is 2.11. The fourth-order valence-corrected chi connectivity index (χ4v) is 2.03. The van der Waals surface area contributed by atoms with Gasteiger partial charge in [0.05, 0.1) is 0 Å². The molecule has 0 aliphatic heterocycles. The van der Waals surface area contributed by atoms with Gasteiger partial charge in [-0.3, -0.25) is 4.79 Å². The number of benzene rings is 1.